The van der Waals surface area contributed by atoms with Gasteiger partial charge < -0.3 is 20.7 Å². The van der Waals surface area contributed by atoms with Crippen molar-refractivity contribution < 1.29 is 14.3 Å². The van der Waals surface area contributed by atoms with Crippen molar-refractivity contribution in [3.05, 3.63) is 24.3 Å². The fourth-order valence-corrected chi connectivity index (χ4v) is 1.75. The molecule has 0 unspecified atom stereocenters. The van der Waals surface area contributed by atoms with Crippen LogP contribution in [-0.4, -0.2) is 24.2 Å². The second-order valence-electron chi connectivity index (χ2n) is 5.21. The quantitative estimate of drug-likeness (QED) is 0.788. The molecule has 3 N–H and O–H groups in total. The van der Waals surface area contributed by atoms with E-state index < -0.39 is 6.09 Å². The number of hydrogen-bond donors (Lipinski definition) is 3. The summed E-state index contributed by atoms with van der Waals surface area (Å²) in [4.78, 5) is 23.1. The highest BCUT2D eigenvalue weighted by Crippen LogP contribution is 2.21. The van der Waals surface area contributed by atoms with Crippen LogP contribution >= 0.6 is 0 Å². The van der Waals surface area contributed by atoms with Gasteiger partial charge in [-0.3, -0.25) is 0 Å². The van der Waals surface area contributed by atoms with Crippen molar-refractivity contribution in [1.82, 2.24) is 10.6 Å². The van der Waals surface area contributed by atoms with Crippen LogP contribution in [0.1, 0.15) is 25.7 Å². The molecule has 2 aliphatic carbocycles. The lowest BCUT2D eigenvalue weighted by Crippen LogP contribution is -2.30. The van der Waals surface area contributed by atoms with Gasteiger partial charge in [-0.25, -0.2) is 9.59 Å². The number of urea groups is 1. The molecular formula is C14H17N3O3. The van der Waals surface area contributed by atoms with Crippen molar-refractivity contribution in [3.63, 3.8) is 0 Å². The van der Waals surface area contributed by atoms with Gasteiger partial charge in [-0.05, 0) is 37.8 Å². The van der Waals surface area contributed by atoms with Crippen molar-refractivity contribution in [2.75, 3.05) is 5.32 Å². The van der Waals surface area contributed by atoms with Crippen LogP contribution in [0.2, 0.25) is 0 Å². The van der Waals surface area contributed by atoms with Gasteiger partial charge in [0.1, 0.15) is 5.75 Å². The summed E-state index contributed by atoms with van der Waals surface area (Å²) in [5.41, 5.74) is 0.597. The summed E-state index contributed by atoms with van der Waals surface area (Å²) in [7, 11) is 0. The van der Waals surface area contributed by atoms with E-state index >= 15 is 0 Å². The Morgan fingerprint density at radius 1 is 1.05 bits per heavy atom. The minimum absolute atomic E-state index is 0.230. The molecule has 6 nitrogen and oxygen atoms in total. The number of nitrogens with one attached hydrogen (secondary N) is 3. The van der Waals surface area contributed by atoms with Gasteiger partial charge in [-0.2, -0.15) is 0 Å². The number of benzene rings is 1. The minimum Gasteiger partial charge on any atom is -0.410 e. The molecule has 6 heteroatoms. The van der Waals surface area contributed by atoms with E-state index in [1.54, 1.807) is 24.3 Å². The Labute approximate surface area is 116 Å². The van der Waals surface area contributed by atoms with E-state index in [0.717, 1.165) is 25.7 Å². The van der Waals surface area contributed by atoms with E-state index in [1.165, 1.54) is 0 Å². The number of rotatable bonds is 4. The number of carbonyl (C=O) groups is 2. The molecule has 106 valence electrons. The normalized spacial score (nSPS) is 17.2. The Morgan fingerprint density at radius 2 is 1.75 bits per heavy atom. The maximum atomic E-state index is 11.6. The van der Waals surface area contributed by atoms with Crippen LogP contribution in [0.3, 0.4) is 0 Å². The lowest BCUT2D eigenvalue weighted by Gasteiger charge is -2.09. The largest absolute Gasteiger partial charge is 0.412 e. The molecule has 0 radical (unpaired) electrons. The molecule has 2 saturated carbocycles. The minimum atomic E-state index is -0.452. The monoisotopic (exact) mass is 275 g/mol. The molecule has 0 atom stereocenters. The Hall–Kier alpha value is -2.24. The van der Waals surface area contributed by atoms with Crippen LogP contribution in [0.5, 0.6) is 5.75 Å². The third-order valence-electron chi connectivity index (χ3n) is 3.11. The lowest BCUT2D eigenvalue weighted by atomic mass is 10.3. The summed E-state index contributed by atoms with van der Waals surface area (Å²) in [5.74, 6) is 0.410. The van der Waals surface area contributed by atoms with Crippen LogP contribution in [0.15, 0.2) is 24.3 Å². The molecule has 3 amide bonds. The van der Waals surface area contributed by atoms with Gasteiger partial charge in [-0.15, -0.1) is 0 Å². The van der Waals surface area contributed by atoms with Gasteiger partial charge >= 0.3 is 12.1 Å². The first kappa shape index (κ1) is 12.8. The summed E-state index contributed by atoms with van der Waals surface area (Å²) in [6, 6.07) is 7.11. The van der Waals surface area contributed by atoms with Crippen LogP contribution in [-0.2, 0) is 0 Å². The number of anilines is 1. The zero-order valence-corrected chi connectivity index (χ0v) is 11.0. The molecule has 3 rings (SSSR count). The van der Waals surface area contributed by atoms with Crippen molar-refractivity contribution in [2.24, 2.45) is 0 Å². The summed E-state index contributed by atoms with van der Waals surface area (Å²) >= 11 is 0. The Bertz CT molecular complexity index is 481. The molecule has 1 aromatic rings. The lowest BCUT2D eigenvalue weighted by molar-refractivity contribution is 0.200. The van der Waals surface area contributed by atoms with Crippen LogP contribution in [0.4, 0.5) is 15.3 Å². The maximum Gasteiger partial charge on any atom is 0.412 e. The Morgan fingerprint density at radius 3 is 2.45 bits per heavy atom. The average molecular weight is 275 g/mol. The van der Waals surface area contributed by atoms with E-state index in [4.69, 9.17) is 4.74 Å². The third-order valence-corrected chi connectivity index (χ3v) is 3.11. The number of amides is 3. The number of hydrogen-bond acceptors (Lipinski definition) is 3. The fourth-order valence-electron chi connectivity index (χ4n) is 1.75. The highest BCUT2D eigenvalue weighted by atomic mass is 16.6. The summed E-state index contributed by atoms with van der Waals surface area (Å²) in [5, 5.41) is 8.28. The van der Waals surface area contributed by atoms with Crippen molar-refractivity contribution >= 4 is 17.8 Å². The van der Waals surface area contributed by atoms with E-state index in [-0.39, 0.29) is 12.1 Å². The van der Waals surface area contributed by atoms with Crippen molar-refractivity contribution in [3.8, 4) is 5.75 Å². The second-order valence-corrected chi connectivity index (χ2v) is 5.21. The van der Waals surface area contributed by atoms with E-state index in [1.807, 2.05) is 0 Å². The van der Waals surface area contributed by atoms with Gasteiger partial charge in [0.2, 0.25) is 0 Å². The molecule has 0 aliphatic heterocycles. The van der Waals surface area contributed by atoms with Gasteiger partial charge in [0.15, 0.2) is 0 Å². The van der Waals surface area contributed by atoms with E-state index in [0.29, 0.717) is 17.5 Å². The Balaban J connectivity index is 1.53. The molecule has 2 aliphatic rings. The second kappa shape index (κ2) is 5.40. The summed E-state index contributed by atoms with van der Waals surface area (Å²) in [6.45, 7) is 0. The number of carbonyl (C=O) groups excluding carboxylic acids is 2. The molecular weight excluding hydrogens is 258 g/mol. The van der Waals surface area contributed by atoms with Crippen LogP contribution in [0, 0.1) is 0 Å². The van der Waals surface area contributed by atoms with Crippen molar-refractivity contribution in [1.29, 1.82) is 0 Å². The predicted molar refractivity (Wildman–Crippen MR) is 73.8 cm³/mol. The van der Waals surface area contributed by atoms with Crippen molar-refractivity contribution in [2.45, 2.75) is 37.8 Å². The molecule has 0 aromatic heterocycles. The third kappa shape index (κ3) is 3.88. The highest BCUT2D eigenvalue weighted by molar-refractivity contribution is 5.89. The molecule has 20 heavy (non-hydrogen) atoms. The standard InChI is InChI=1S/C14H17N3O3/c18-13(15-9-4-5-9)16-11-2-1-3-12(8-11)20-14(19)17-10-6-7-10/h1-3,8-10H,4-7H2,(H,17,19)(H2,15,16,18). The van der Waals surface area contributed by atoms with Crippen LogP contribution in [0.25, 0.3) is 0 Å². The smallest absolute Gasteiger partial charge is 0.410 e. The zero-order valence-electron chi connectivity index (χ0n) is 11.0. The first-order chi connectivity index (χ1) is 9.69. The van der Waals surface area contributed by atoms with Gasteiger partial charge in [-0.1, -0.05) is 6.07 Å². The van der Waals surface area contributed by atoms with Crippen LogP contribution < -0.4 is 20.7 Å². The SMILES string of the molecule is O=C(Nc1cccc(OC(=O)NC2CC2)c1)NC1CC1. The first-order valence-electron chi connectivity index (χ1n) is 6.85. The zero-order chi connectivity index (χ0) is 13.9. The molecule has 0 bridgehead atoms. The topological polar surface area (TPSA) is 79.5 Å². The van der Waals surface area contributed by atoms with E-state index in [9.17, 15) is 9.59 Å². The van der Waals surface area contributed by atoms with Gasteiger partial charge in [0.05, 0.1) is 0 Å². The molecule has 2 fully saturated rings. The predicted octanol–water partition coefficient (Wildman–Crippen LogP) is 2.22. The average Bonchev–Trinajstić information content (AvgIpc) is 3.26. The van der Waals surface area contributed by atoms with Gasteiger partial charge in [0.25, 0.3) is 0 Å². The summed E-state index contributed by atoms with van der Waals surface area (Å²) < 4.78 is 5.16. The molecule has 0 saturated heterocycles. The molecule has 0 spiro atoms. The van der Waals surface area contributed by atoms with E-state index in [2.05, 4.69) is 16.0 Å². The molecule has 1 aromatic carbocycles. The maximum absolute atomic E-state index is 11.6. The first-order valence-corrected chi connectivity index (χ1v) is 6.85. The Kier molecular flexibility index (Phi) is 3.45. The highest BCUT2D eigenvalue weighted by Gasteiger charge is 2.24. The summed E-state index contributed by atoms with van der Waals surface area (Å²) in [6.07, 6.45) is 3.65. The molecule has 0 heterocycles. The van der Waals surface area contributed by atoms with Gasteiger partial charge in [0, 0.05) is 23.8 Å². The fraction of sp³-hybridized carbons (Fsp3) is 0.429. The number of ether oxygens (including phenoxy) is 1.